The number of nitrogens with two attached hydrogens (primary N) is 2. The van der Waals surface area contributed by atoms with Crippen molar-refractivity contribution in [3.63, 3.8) is 0 Å². The number of halogens is 3. The Morgan fingerprint density at radius 2 is 1.59 bits per heavy atom. The summed E-state index contributed by atoms with van der Waals surface area (Å²) in [7, 11) is 0. The zero-order valence-electron chi connectivity index (χ0n) is 24.3. The molecule has 0 aliphatic carbocycles. The molecule has 44 heavy (non-hydrogen) atoms. The molecule has 1 aliphatic heterocycles. The molecule has 226 valence electrons. The lowest BCUT2D eigenvalue weighted by Gasteiger charge is -2.49. The fourth-order valence-corrected chi connectivity index (χ4v) is 5.12. The number of aromatic nitrogens is 3. The van der Waals surface area contributed by atoms with Crippen molar-refractivity contribution in [3.05, 3.63) is 95.3 Å². The topological polar surface area (TPSA) is 145 Å². The molecule has 0 atom stereocenters. The van der Waals surface area contributed by atoms with Crippen molar-refractivity contribution in [1.82, 2.24) is 14.8 Å². The molecule has 0 saturated carbocycles. The van der Waals surface area contributed by atoms with Crippen LogP contribution in [0.2, 0.25) is 0 Å². The molecule has 2 aromatic carbocycles. The number of aliphatic imine (C=N–C) groups is 1. The number of anilines is 3. The van der Waals surface area contributed by atoms with Crippen LogP contribution >= 0.6 is 0 Å². The van der Waals surface area contributed by atoms with E-state index in [1.54, 1.807) is 52.0 Å². The van der Waals surface area contributed by atoms with Crippen molar-refractivity contribution < 1.29 is 22.8 Å². The Hall–Kier alpha value is -5.46. The number of pyridine rings is 1. The fourth-order valence-electron chi connectivity index (χ4n) is 5.12. The van der Waals surface area contributed by atoms with E-state index in [2.05, 4.69) is 20.4 Å². The van der Waals surface area contributed by atoms with Gasteiger partial charge in [0.15, 0.2) is 5.82 Å². The summed E-state index contributed by atoms with van der Waals surface area (Å²) in [5, 5.41) is 7.40. The largest absolute Gasteiger partial charge is 0.433 e. The number of amides is 2. The molecule has 3 heterocycles. The van der Waals surface area contributed by atoms with Crippen LogP contribution < -0.4 is 21.7 Å². The smallest absolute Gasteiger partial charge is 0.402 e. The van der Waals surface area contributed by atoms with E-state index in [1.165, 1.54) is 21.7 Å². The number of primary amides is 1. The molecule has 0 spiro atoms. The average molecular weight is 603 g/mol. The molecule has 1 aliphatic rings. The van der Waals surface area contributed by atoms with Gasteiger partial charge in [0, 0.05) is 16.9 Å². The van der Waals surface area contributed by atoms with Crippen LogP contribution in [0.3, 0.4) is 0 Å². The summed E-state index contributed by atoms with van der Waals surface area (Å²) < 4.78 is 41.7. The summed E-state index contributed by atoms with van der Waals surface area (Å²) in [4.78, 5) is 35.6. The van der Waals surface area contributed by atoms with Crippen LogP contribution in [0.1, 0.15) is 43.7 Å². The number of nitrogens with one attached hydrogen (secondary N) is 1. The minimum absolute atomic E-state index is 0.00510. The monoisotopic (exact) mass is 602 g/mol. The Bertz CT molecular complexity index is 1820. The molecule has 5 N–H and O–H groups in total. The van der Waals surface area contributed by atoms with Crippen LogP contribution in [0.25, 0.3) is 11.3 Å². The van der Waals surface area contributed by atoms with Crippen molar-refractivity contribution in [2.24, 2.45) is 16.5 Å². The Morgan fingerprint density at radius 1 is 0.932 bits per heavy atom. The second kappa shape index (κ2) is 11.0. The van der Waals surface area contributed by atoms with Crippen LogP contribution in [0.4, 0.5) is 36.2 Å². The van der Waals surface area contributed by atoms with E-state index in [9.17, 15) is 22.8 Å². The minimum Gasteiger partial charge on any atom is -0.402 e. The van der Waals surface area contributed by atoms with Gasteiger partial charge in [0.05, 0.1) is 17.0 Å². The van der Waals surface area contributed by atoms with Crippen molar-refractivity contribution >= 4 is 40.5 Å². The van der Waals surface area contributed by atoms with Gasteiger partial charge >= 0.3 is 6.18 Å². The standard InChI is InChI=1S/C31H29F3N8O2/c1-17(35)24(18(2)37-20-9-6-5-7-10-20)28(44)38-21-15-13-19(14-16-21)26-25(27(36)43)29-41(30(3,4)42(29)40-26)23-12-8-11-22(39-23)31(32,33)34/h5-16H,35H2,1-4H3,(H2,36,43)(H,38,44). The highest BCUT2D eigenvalue weighted by Gasteiger charge is 2.49. The van der Waals surface area contributed by atoms with Crippen molar-refractivity contribution in [2.75, 3.05) is 10.2 Å². The second-order valence-corrected chi connectivity index (χ2v) is 10.7. The van der Waals surface area contributed by atoms with Gasteiger partial charge in [0.2, 0.25) is 0 Å². The third-order valence-corrected chi connectivity index (χ3v) is 7.09. The highest BCUT2D eigenvalue weighted by atomic mass is 19.4. The maximum absolute atomic E-state index is 13.4. The summed E-state index contributed by atoms with van der Waals surface area (Å²) in [5.41, 5.74) is 12.6. The molecule has 0 fully saturated rings. The van der Waals surface area contributed by atoms with E-state index in [0.717, 1.165) is 6.07 Å². The van der Waals surface area contributed by atoms with Crippen molar-refractivity contribution in [3.8, 4) is 11.3 Å². The molecule has 0 bridgehead atoms. The van der Waals surface area contributed by atoms with Crippen LogP contribution in [0.15, 0.2) is 89.1 Å². The molecule has 0 saturated heterocycles. The molecule has 13 heteroatoms. The zero-order chi connectivity index (χ0) is 32.0. The number of carbonyl (C=O) groups excluding carboxylic acids is 2. The molecule has 2 amide bonds. The van der Waals surface area contributed by atoms with E-state index in [4.69, 9.17) is 11.5 Å². The highest BCUT2D eigenvalue weighted by molar-refractivity contribution is 6.25. The first-order chi connectivity index (χ1) is 20.7. The summed E-state index contributed by atoms with van der Waals surface area (Å²) in [5.74, 6) is -1.05. The SMILES string of the molecule is CC(=Nc1ccccc1)C(C(=O)Nc1ccc(-c2nn3c(c2C(N)=O)N(c2cccc(C(F)(F)F)n2)C3(C)C)cc1)=C(C)N. The first-order valence-electron chi connectivity index (χ1n) is 13.5. The Labute approximate surface area is 250 Å². The normalized spacial score (nSPS) is 14.8. The molecule has 10 nitrogen and oxygen atoms in total. The summed E-state index contributed by atoms with van der Waals surface area (Å²) >= 11 is 0. The second-order valence-electron chi connectivity index (χ2n) is 10.7. The Balaban J connectivity index is 1.44. The molecule has 0 radical (unpaired) electrons. The number of fused-ring (bicyclic) bond motifs is 1. The van der Waals surface area contributed by atoms with Gasteiger partial charge in [-0.2, -0.15) is 18.3 Å². The molecular weight excluding hydrogens is 573 g/mol. The third-order valence-electron chi connectivity index (χ3n) is 7.09. The lowest BCUT2D eigenvalue weighted by molar-refractivity contribution is -0.141. The maximum atomic E-state index is 13.4. The molecule has 0 unspecified atom stereocenters. The molecule has 2 aromatic heterocycles. The zero-order valence-corrected chi connectivity index (χ0v) is 24.3. The number of hydrogen-bond acceptors (Lipinski definition) is 7. The van der Waals surface area contributed by atoms with Crippen LogP contribution in [-0.4, -0.2) is 32.3 Å². The maximum Gasteiger partial charge on any atom is 0.433 e. The minimum atomic E-state index is -4.65. The number of alkyl halides is 3. The van der Waals surface area contributed by atoms with E-state index in [1.807, 2.05) is 30.3 Å². The number of hydrogen-bond donors (Lipinski definition) is 3. The van der Waals surface area contributed by atoms with Crippen LogP contribution in [0.5, 0.6) is 0 Å². The third kappa shape index (κ3) is 5.39. The van der Waals surface area contributed by atoms with E-state index in [0.29, 0.717) is 28.3 Å². The van der Waals surface area contributed by atoms with Gasteiger partial charge in [-0.25, -0.2) is 9.67 Å². The van der Waals surface area contributed by atoms with E-state index >= 15 is 0 Å². The molecular formula is C31H29F3N8O2. The first-order valence-corrected chi connectivity index (χ1v) is 13.5. The van der Waals surface area contributed by atoms with Crippen molar-refractivity contribution in [2.45, 2.75) is 39.5 Å². The van der Waals surface area contributed by atoms with Crippen LogP contribution in [0, 0.1) is 0 Å². The number of benzene rings is 2. The Kier molecular flexibility index (Phi) is 7.49. The van der Waals surface area contributed by atoms with Crippen molar-refractivity contribution in [1.29, 1.82) is 0 Å². The first kappa shape index (κ1) is 30.0. The lowest BCUT2D eigenvalue weighted by Crippen LogP contribution is -2.55. The summed E-state index contributed by atoms with van der Waals surface area (Å²) in [6, 6.07) is 19.2. The predicted octanol–water partition coefficient (Wildman–Crippen LogP) is 5.87. The number of carbonyl (C=O) groups is 2. The van der Waals surface area contributed by atoms with Gasteiger partial charge < -0.3 is 16.8 Å². The summed E-state index contributed by atoms with van der Waals surface area (Å²) in [6.07, 6.45) is -4.65. The van der Waals surface area contributed by atoms with Gasteiger partial charge in [-0.15, -0.1) is 0 Å². The van der Waals surface area contributed by atoms with Gasteiger partial charge in [0.1, 0.15) is 28.4 Å². The Morgan fingerprint density at radius 3 is 2.18 bits per heavy atom. The number of para-hydroxylation sites is 1. The molecule has 5 rings (SSSR count). The van der Waals surface area contributed by atoms with Gasteiger partial charge in [-0.05, 0) is 64.1 Å². The average Bonchev–Trinajstić information content (AvgIpc) is 3.31. The lowest BCUT2D eigenvalue weighted by atomic mass is 10.0. The van der Waals surface area contributed by atoms with Gasteiger partial charge in [0.25, 0.3) is 11.8 Å². The highest BCUT2D eigenvalue weighted by Crippen LogP contribution is 2.50. The summed E-state index contributed by atoms with van der Waals surface area (Å²) in [6.45, 7) is 6.77. The quantitative estimate of drug-likeness (QED) is 0.178. The van der Waals surface area contributed by atoms with E-state index in [-0.39, 0.29) is 28.5 Å². The molecule has 4 aromatic rings. The fraction of sp³-hybridized carbons (Fsp3) is 0.194. The van der Waals surface area contributed by atoms with Crippen LogP contribution in [-0.2, 0) is 16.6 Å². The van der Waals surface area contributed by atoms with E-state index < -0.39 is 29.3 Å². The predicted molar refractivity (Wildman–Crippen MR) is 162 cm³/mol. The van der Waals surface area contributed by atoms with Gasteiger partial charge in [-0.1, -0.05) is 36.4 Å². The number of nitrogens with zero attached hydrogens (tertiary/aromatic N) is 5. The number of rotatable bonds is 7. The van der Waals surface area contributed by atoms with Gasteiger partial charge in [-0.3, -0.25) is 19.5 Å². The number of allylic oxidation sites excluding steroid dienone is 1.